The third-order valence-electron chi connectivity index (χ3n) is 2.37. The molecule has 86 valence electrons. The molecule has 0 aliphatic heterocycles. The Morgan fingerprint density at radius 1 is 1.00 bits per heavy atom. The third-order valence-corrected chi connectivity index (χ3v) is 2.37. The summed E-state index contributed by atoms with van der Waals surface area (Å²) >= 11 is 0. The minimum Gasteiger partial charge on any atom is -0.488 e. The summed E-state index contributed by atoms with van der Waals surface area (Å²) in [6.07, 6.45) is 1.58. The largest absolute Gasteiger partial charge is 0.488 e. The molecule has 2 N–H and O–H groups in total. The van der Waals surface area contributed by atoms with Gasteiger partial charge in [-0.05, 0) is 17.7 Å². The Bertz CT molecular complexity index is 495. The average molecular weight is 226 g/mol. The van der Waals surface area contributed by atoms with E-state index in [0.717, 1.165) is 16.9 Å². The van der Waals surface area contributed by atoms with Crippen molar-refractivity contribution in [1.29, 1.82) is 0 Å². The minimum absolute atomic E-state index is 0.538. The smallest absolute Gasteiger partial charge is 0.128 e. The topological polar surface area (TPSA) is 47.6 Å². The maximum Gasteiger partial charge on any atom is 0.128 e. The van der Waals surface area contributed by atoms with Gasteiger partial charge in [0.15, 0.2) is 0 Å². The summed E-state index contributed by atoms with van der Waals surface area (Å²) in [4.78, 5) is 0. The lowest BCUT2D eigenvalue weighted by molar-refractivity contribution is 0.306. The van der Waals surface area contributed by atoms with Gasteiger partial charge in [-0.2, -0.15) is 5.10 Å². The molecular formula is C14H14N2O. The van der Waals surface area contributed by atoms with Crippen LogP contribution in [0, 0.1) is 0 Å². The van der Waals surface area contributed by atoms with Crippen molar-refractivity contribution in [3.8, 4) is 5.75 Å². The molecule has 2 rings (SSSR count). The first-order chi connectivity index (χ1) is 8.40. The number of benzene rings is 2. The number of nitrogens with zero attached hydrogens (tertiary/aromatic N) is 1. The van der Waals surface area contributed by atoms with E-state index in [1.165, 1.54) is 0 Å². The molecule has 0 saturated heterocycles. The molecule has 0 bridgehead atoms. The molecule has 0 fully saturated rings. The molecule has 17 heavy (non-hydrogen) atoms. The summed E-state index contributed by atoms with van der Waals surface area (Å²) in [5.41, 5.74) is 2.01. The lowest BCUT2D eigenvalue weighted by atomic mass is 10.2. The van der Waals surface area contributed by atoms with Crippen LogP contribution < -0.4 is 10.6 Å². The summed E-state index contributed by atoms with van der Waals surface area (Å²) in [6, 6.07) is 17.7. The normalized spacial score (nSPS) is 10.6. The Morgan fingerprint density at radius 3 is 2.47 bits per heavy atom. The zero-order valence-electron chi connectivity index (χ0n) is 9.41. The van der Waals surface area contributed by atoms with Crippen LogP contribution in [-0.2, 0) is 6.61 Å². The Hall–Kier alpha value is -2.29. The SMILES string of the molecule is NN=Cc1ccccc1OCc1ccccc1. The molecule has 0 heterocycles. The van der Waals surface area contributed by atoms with Gasteiger partial charge in [-0.1, -0.05) is 42.5 Å². The number of hydrazone groups is 1. The van der Waals surface area contributed by atoms with Crippen molar-refractivity contribution in [3.05, 3.63) is 65.7 Å². The lowest BCUT2D eigenvalue weighted by Crippen LogP contribution is -1.98. The standard InChI is InChI=1S/C14H14N2O/c15-16-10-13-8-4-5-9-14(13)17-11-12-6-2-1-3-7-12/h1-10H,11,15H2. The van der Waals surface area contributed by atoms with Crippen molar-refractivity contribution < 1.29 is 4.74 Å². The number of hydrogen-bond acceptors (Lipinski definition) is 3. The second-order valence-corrected chi connectivity index (χ2v) is 3.59. The van der Waals surface area contributed by atoms with E-state index in [2.05, 4.69) is 5.10 Å². The molecule has 0 aliphatic carbocycles. The van der Waals surface area contributed by atoms with Crippen LogP contribution in [0.4, 0.5) is 0 Å². The van der Waals surface area contributed by atoms with Gasteiger partial charge in [0.1, 0.15) is 12.4 Å². The molecule has 0 radical (unpaired) electrons. The van der Waals surface area contributed by atoms with E-state index in [9.17, 15) is 0 Å². The molecule has 0 atom stereocenters. The van der Waals surface area contributed by atoms with Crippen LogP contribution in [0.25, 0.3) is 0 Å². The first-order valence-electron chi connectivity index (χ1n) is 5.39. The maximum absolute atomic E-state index is 5.73. The van der Waals surface area contributed by atoms with Gasteiger partial charge in [-0.25, -0.2) is 0 Å². The summed E-state index contributed by atoms with van der Waals surface area (Å²) < 4.78 is 5.73. The van der Waals surface area contributed by atoms with Crippen molar-refractivity contribution in [2.24, 2.45) is 10.9 Å². The van der Waals surface area contributed by atoms with E-state index < -0.39 is 0 Å². The van der Waals surface area contributed by atoms with E-state index in [1.54, 1.807) is 6.21 Å². The summed E-state index contributed by atoms with van der Waals surface area (Å²) in [7, 11) is 0. The number of ether oxygens (including phenoxy) is 1. The number of para-hydroxylation sites is 1. The third kappa shape index (κ3) is 3.08. The first kappa shape index (κ1) is 11.2. The van der Waals surface area contributed by atoms with Crippen molar-refractivity contribution >= 4 is 6.21 Å². The monoisotopic (exact) mass is 226 g/mol. The minimum atomic E-state index is 0.538. The fourth-order valence-electron chi connectivity index (χ4n) is 1.53. The molecule has 0 unspecified atom stereocenters. The molecular weight excluding hydrogens is 212 g/mol. The molecule has 2 aromatic carbocycles. The van der Waals surface area contributed by atoms with Gasteiger partial charge in [0.2, 0.25) is 0 Å². The van der Waals surface area contributed by atoms with Crippen LogP contribution in [0.3, 0.4) is 0 Å². The fourth-order valence-corrected chi connectivity index (χ4v) is 1.53. The average Bonchev–Trinajstić information content (AvgIpc) is 2.39. The second-order valence-electron chi connectivity index (χ2n) is 3.59. The highest BCUT2D eigenvalue weighted by Crippen LogP contribution is 2.17. The Morgan fingerprint density at radius 2 is 1.71 bits per heavy atom. The molecule has 0 aliphatic rings. The molecule has 0 amide bonds. The molecule has 0 saturated carbocycles. The van der Waals surface area contributed by atoms with Crippen molar-refractivity contribution in [3.63, 3.8) is 0 Å². The Balaban J connectivity index is 2.09. The molecule has 3 heteroatoms. The zero-order valence-corrected chi connectivity index (χ0v) is 9.41. The van der Waals surface area contributed by atoms with Gasteiger partial charge in [0, 0.05) is 5.56 Å². The molecule has 0 aromatic heterocycles. The van der Waals surface area contributed by atoms with Crippen LogP contribution in [-0.4, -0.2) is 6.21 Å². The summed E-state index contributed by atoms with van der Waals surface area (Å²) in [5.74, 6) is 5.93. The van der Waals surface area contributed by atoms with Gasteiger partial charge in [-0.15, -0.1) is 0 Å². The van der Waals surface area contributed by atoms with Crippen molar-refractivity contribution in [1.82, 2.24) is 0 Å². The van der Waals surface area contributed by atoms with E-state index in [4.69, 9.17) is 10.6 Å². The molecule has 3 nitrogen and oxygen atoms in total. The van der Waals surface area contributed by atoms with Crippen LogP contribution in [0.15, 0.2) is 59.7 Å². The molecule has 0 spiro atoms. The van der Waals surface area contributed by atoms with Gasteiger partial charge in [-0.3, -0.25) is 0 Å². The second kappa shape index (κ2) is 5.70. The quantitative estimate of drug-likeness (QED) is 0.495. The number of hydrogen-bond donors (Lipinski definition) is 1. The van der Waals surface area contributed by atoms with E-state index in [1.807, 2.05) is 54.6 Å². The summed E-state index contributed by atoms with van der Waals surface area (Å²) in [5, 5.41) is 3.52. The van der Waals surface area contributed by atoms with E-state index >= 15 is 0 Å². The highest BCUT2D eigenvalue weighted by molar-refractivity contribution is 5.83. The highest BCUT2D eigenvalue weighted by atomic mass is 16.5. The van der Waals surface area contributed by atoms with Crippen molar-refractivity contribution in [2.75, 3.05) is 0 Å². The Labute approximate surface area is 101 Å². The predicted molar refractivity (Wildman–Crippen MR) is 69.0 cm³/mol. The van der Waals surface area contributed by atoms with Gasteiger partial charge in [0.25, 0.3) is 0 Å². The van der Waals surface area contributed by atoms with Crippen molar-refractivity contribution in [2.45, 2.75) is 6.61 Å². The fraction of sp³-hybridized carbons (Fsp3) is 0.0714. The maximum atomic E-state index is 5.73. The van der Waals surface area contributed by atoms with Gasteiger partial charge in [0.05, 0.1) is 6.21 Å². The van der Waals surface area contributed by atoms with Gasteiger partial charge < -0.3 is 10.6 Å². The van der Waals surface area contributed by atoms with E-state index in [0.29, 0.717) is 6.61 Å². The Kier molecular flexibility index (Phi) is 3.76. The van der Waals surface area contributed by atoms with E-state index in [-0.39, 0.29) is 0 Å². The van der Waals surface area contributed by atoms with Crippen LogP contribution in [0.2, 0.25) is 0 Å². The predicted octanol–water partition coefficient (Wildman–Crippen LogP) is 2.56. The number of rotatable bonds is 4. The zero-order chi connectivity index (χ0) is 11.9. The first-order valence-corrected chi connectivity index (χ1v) is 5.39. The van der Waals surface area contributed by atoms with Gasteiger partial charge >= 0.3 is 0 Å². The van der Waals surface area contributed by atoms with Crippen LogP contribution in [0.1, 0.15) is 11.1 Å². The number of nitrogens with two attached hydrogens (primary N) is 1. The molecule has 2 aromatic rings. The lowest BCUT2D eigenvalue weighted by Gasteiger charge is -2.08. The summed E-state index contributed by atoms with van der Waals surface area (Å²) in [6.45, 7) is 0.538. The van der Waals surface area contributed by atoms with Crippen LogP contribution >= 0.6 is 0 Å². The highest BCUT2D eigenvalue weighted by Gasteiger charge is 2.00. The van der Waals surface area contributed by atoms with Crippen LogP contribution in [0.5, 0.6) is 5.75 Å².